The summed E-state index contributed by atoms with van der Waals surface area (Å²) in [5.41, 5.74) is 12.5. The molecule has 2 rings (SSSR count). The number of carboxylic acid groups (broad SMARTS) is 1. The average Bonchev–Trinajstić information content (AvgIpc) is 3.22. The van der Waals surface area contributed by atoms with Crippen molar-refractivity contribution in [2.45, 2.75) is 81.5 Å². The second kappa shape index (κ2) is 28.0. The summed E-state index contributed by atoms with van der Waals surface area (Å²) in [5.74, 6) is 0.798. The molecule has 0 radical (unpaired) electrons. The van der Waals surface area contributed by atoms with Crippen molar-refractivity contribution in [3.05, 3.63) is 59.7 Å². The predicted molar refractivity (Wildman–Crippen MR) is 226 cm³/mol. The number of nitrogens with zero attached hydrogens (tertiary/aromatic N) is 2. The summed E-state index contributed by atoms with van der Waals surface area (Å²) in [6.45, 7) is 6.16. The molecular weight excluding hydrogens is 773 g/mol. The first-order chi connectivity index (χ1) is 27.4. The quantitative estimate of drug-likeness (QED) is 0.0413. The predicted octanol–water partition coefficient (Wildman–Crippen LogP) is 4.59. The summed E-state index contributed by atoms with van der Waals surface area (Å²) in [5, 5.41) is 10.1. The molecule has 2 aromatic rings. The maximum atomic E-state index is 13.7. The van der Waals surface area contributed by atoms with E-state index in [1.807, 2.05) is 72.2 Å². The van der Waals surface area contributed by atoms with Crippen LogP contribution in [0, 0.1) is 0 Å². The number of hydrogen-bond acceptors (Lipinski definition) is 15. The number of unbranched alkanes of at least 4 members (excludes halogenated alkanes) is 2. The molecule has 0 fully saturated rings. The second-order valence-electron chi connectivity index (χ2n) is 13.6. The maximum absolute atomic E-state index is 13.7. The Bertz CT molecular complexity index is 1470. The van der Waals surface area contributed by atoms with Gasteiger partial charge in [0.2, 0.25) is 5.54 Å². The molecule has 0 aliphatic carbocycles. The van der Waals surface area contributed by atoms with E-state index in [4.69, 9.17) is 35.2 Å². The molecule has 3 unspecified atom stereocenters. The maximum Gasteiger partial charge on any atom is 0.337 e. The van der Waals surface area contributed by atoms with E-state index in [2.05, 4.69) is 0 Å². The van der Waals surface area contributed by atoms with Gasteiger partial charge in [-0.05, 0) is 61.1 Å². The number of nitrogens with two attached hydrogens (primary N) is 2. The van der Waals surface area contributed by atoms with Crippen LogP contribution in [-0.4, -0.2) is 135 Å². The SMILES string of the molecule is CCCCOC(=O)C(CC(N)C(=O)OC)N(CCSCc1ccc(OC)cc1)CCN(CCSCc1ccc(OC)cc1)CCC(N)(C(=O)O)C(=O)OCCCC. The van der Waals surface area contributed by atoms with Gasteiger partial charge in [-0.15, -0.1) is 0 Å². The molecule has 57 heavy (non-hydrogen) atoms. The number of ether oxygens (including phenoxy) is 5. The Morgan fingerprint density at radius 2 is 1.26 bits per heavy atom. The number of aliphatic carboxylic acids is 1. The minimum Gasteiger partial charge on any atom is -0.497 e. The first-order valence-electron chi connectivity index (χ1n) is 19.5. The van der Waals surface area contributed by atoms with Gasteiger partial charge in [-0.3, -0.25) is 14.5 Å². The van der Waals surface area contributed by atoms with Gasteiger partial charge in [0, 0.05) is 55.7 Å². The van der Waals surface area contributed by atoms with Crippen molar-refractivity contribution in [3.63, 3.8) is 0 Å². The molecular formula is C41H64N4O10S2. The summed E-state index contributed by atoms with van der Waals surface area (Å²) < 4.78 is 26.4. The monoisotopic (exact) mass is 836 g/mol. The van der Waals surface area contributed by atoms with Crippen molar-refractivity contribution in [1.29, 1.82) is 0 Å². The van der Waals surface area contributed by atoms with Gasteiger partial charge in [-0.25, -0.2) is 9.59 Å². The first-order valence-corrected chi connectivity index (χ1v) is 21.8. The molecule has 0 aromatic heterocycles. The molecule has 5 N–H and O–H groups in total. The fourth-order valence-electron chi connectivity index (χ4n) is 5.59. The molecule has 0 spiro atoms. The van der Waals surface area contributed by atoms with Crippen LogP contribution in [0.5, 0.6) is 11.5 Å². The summed E-state index contributed by atoms with van der Waals surface area (Å²) in [6, 6.07) is 13.7. The molecule has 3 atom stereocenters. The van der Waals surface area contributed by atoms with Gasteiger partial charge in [0.15, 0.2) is 0 Å². The standard InChI is InChI=1S/C41H64N4O10S2/c1-6-8-24-54-38(47)36(28-35(42)37(46)53-5)45(23-27-57-30-32-12-16-34(52-4)17-13-32)21-20-44(22-26-56-29-31-10-14-33(51-3)15-11-31)19-18-41(43,39(48)49)40(50)55-25-9-7-2/h10-17,35-36H,6-9,18-30,42-43H2,1-5H3,(H,48,49). The summed E-state index contributed by atoms with van der Waals surface area (Å²) in [6.07, 6.45) is 2.67. The van der Waals surface area contributed by atoms with Crippen LogP contribution in [-0.2, 0) is 44.9 Å². The molecule has 0 heterocycles. The van der Waals surface area contributed by atoms with E-state index in [1.54, 1.807) is 37.7 Å². The van der Waals surface area contributed by atoms with Gasteiger partial charge in [0.05, 0.1) is 34.5 Å². The van der Waals surface area contributed by atoms with E-state index >= 15 is 0 Å². The molecule has 14 nitrogen and oxygen atoms in total. The van der Waals surface area contributed by atoms with Crippen molar-refractivity contribution in [3.8, 4) is 11.5 Å². The van der Waals surface area contributed by atoms with Gasteiger partial charge in [-0.1, -0.05) is 51.0 Å². The van der Waals surface area contributed by atoms with E-state index in [0.29, 0.717) is 50.5 Å². The number of methoxy groups -OCH3 is 3. The van der Waals surface area contributed by atoms with Crippen LogP contribution in [0.25, 0.3) is 0 Å². The molecule has 320 valence electrons. The number of carbonyl (C=O) groups is 4. The van der Waals surface area contributed by atoms with Gasteiger partial charge in [-0.2, -0.15) is 23.5 Å². The highest BCUT2D eigenvalue weighted by Crippen LogP contribution is 2.20. The van der Waals surface area contributed by atoms with Crippen LogP contribution in [0.4, 0.5) is 0 Å². The molecule has 0 amide bonds. The van der Waals surface area contributed by atoms with Crippen LogP contribution in [0.15, 0.2) is 48.5 Å². The Morgan fingerprint density at radius 3 is 1.75 bits per heavy atom. The van der Waals surface area contributed by atoms with Crippen molar-refractivity contribution in [2.75, 3.05) is 78.8 Å². The van der Waals surface area contributed by atoms with Crippen molar-refractivity contribution in [1.82, 2.24) is 9.80 Å². The molecule has 2 aromatic carbocycles. The summed E-state index contributed by atoms with van der Waals surface area (Å²) >= 11 is 3.40. The number of thioether (sulfide) groups is 2. The highest BCUT2D eigenvalue weighted by atomic mass is 32.2. The zero-order valence-electron chi connectivity index (χ0n) is 34.3. The van der Waals surface area contributed by atoms with Crippen LogP contribution < -0.4 is 20.9 Å². The van der Waals surface area contributed by atoms with E-state index in [9.17, 15) is 24.3 Å². The molecule has 0 aliphatic rings. The number of carboxylic acids is 1. The fraction of sp³-hybridized carbons (Fsp3) is 0.610. The van der Waals surface area contributed by atoms with E-state index in [-0.39, 0.29) is 32.6 Å². The molecule has 0 bridgehead atoms. The lowest BCUT2D eigenvalue weighted by Crippen LogP contribution is -2.57. The molecule has 0 saturated heterocycles. The number of rotatable bonds is 31. The van der Waals surface area contributed by atoms with Gasteiger partial charge in [0.25, 0.3) is 0 Å². The summed E-state index contributed by atoms with van der Waals surface area (Å²) in [4.78, 5) is 55.6. The number of esters is 3. The van der Waals surface area contributed by atoms with E-state index < -0.39 is 41.5 Å². The Kier molecular flexibility index (Phi) is 24.4. The highest BCUT2D eigenvalue weighted by molar-refractivity contribution is 7.98. The van der Waals surface area contributed by atoms with Gasteiger partial charge >= 0.3 is 23.9 Å². The number of hydrogen-bond donors (Lipinski definition) is 3. The fourth-order valence-corrected chi connectivity index (χ4v) is 7.49. The van der Waals surface area contributed by atoms with Crippen molar-refractivity contribution in [2.24, 2.45) is 11.5 Å². The van der Waals surface area contributed by atoms with Gasteiger partial charge in [0.1, 0.15) is 23.6 Å². The van der Waals surface area contributed by atoms with Gasteiger partial charge < -0.3 is 45.2 Å². The molecule has 0 aliphatic heterocycles. The van der Waals surface area contributed by atoms with Crippen LogP contribution >= 0.6 is 23.5 Å². The third kappa shape index (κ3) is 18.3. The highest BCUT2D eigenvalue weighted by Gasteiger charge is 2.44. The van der Waals surface area contributed by atoms with Crippen LogP contribution in [0.3, 0.4) is 0 Å². The van der Waals surface area contributed by atoms with Crippen molar-refractivity contribution >= 4 is 47.4 Å². The number of carbonyl (C=O) groups excluding carboxylic acids is 3. The minimum atomic E-state index is -2.24. The minimum absolute atomic E-state index is 0.0208. The lowest BCUT2D eigenvalue weighted by Gasteiger charge is -2.34. The Morgan fingerprint density at radius 1 is 0.737 bits per heavy atom. The van der Waals surface area contributed by atoms with Crippen LogP contribution in [0.2, 0.25) is 0 Å². The lowest BCUT2D eigenvalue weighted by atomic mass is 9.96. The van der Waals surface area contributed by atoms with Crippen molar-refractivity contribution < 1.29 is 48.0 Å². The third-order valence-corrected chi connectivity index (χ3v) is 11.4. The summed E-state index contributed by atoms with van der Waals surface area (Å²) in [7, 11) is 4.50. The zero-order valence-corrected chi connectivity index (χ0v) is 35.9. The third-order valence-electron chi connectivity index (χ3n) is 9.37. The Hall–Kier alpha value is -3.54. The average molecular weight is 837 g/mol. The van der Waals surface area contributed by atoms with Crippen LogP contribution in [0.1, 0.15) is 63.5 Å². The second-order valence-corrected chi connectivity index (χ2v) is 15.8. The molecule has 0 saturated carbocycles. The Labute approximate surface area is 347 Å². The lowest BCUT2D eigenvalue weighted by molar-refractivity contribution is -0.162. The normalized spacial score (nSPS) is 13.4. The molecule has 16 heteroatoms. The van der Waals surface area contributed by atoms with E-state index in [1.165, 1.54) is 7.11 Å². The largest absolute Gasteiger partial charge is 0.497 e. The number of benzene rings is 2. The first kappa shape index (κ1) is 49.6. The van der Waals surface area contributed by atoms with E-state index in [0.717, 1.165) is 47.0 Å². The smallest absolute Gasteiger partial charge is 0.337 e. The Balaban J connectivity index is 2.34. The topological polar surface area (TPSA) is 193 Å². The zero-order chi connectivity index (χ0) is 42.1.